The molecule has 1 aromatic carbocycles. The zero-order chi connectivity index (χ0) is 9.90. The van der Waals surface area contributed by atoms with Gasteiger partial charge in [-0.1, -0.05) is 24.8 Å². The van der Waals surface area contributed by atoms with Crippen molar-refractivity contribution in [1.82, 2.24) is 0 Å². The van der Waals surface area contributed by atoms with Crippen LogP contribution in [0, 0.1) is 0 Å². The summed E-state index contributed by atoms with van der Waals surface area (Å²) in [6, 6.07) is 6.53. The third-order valence-electron chi connectivity index (χ3n) is 1.32. The van der Waals surface area contributed by atoms with Crippen molar-refractivity contribution in [2.24, 2.45) is 0 Å². The largest absolute Gasteiger partial charge is 1.00 e. The third-order valence-corrected chi connectivity index (χ3v) is 1.92. The van der Waals surface area contributed by atoms with Crippen LogP contribution in [0.4, 0.5) is 0 Å². The van der Waals surface area contributed by atoms with E-state index in [1.165, 1.54) is 0 Å². The van der Waals surface area contributed by atoms with Gasteiger partial charge in [0.1, 0.15) is 5.75 Å². The Kier molecular flexibility index (Phi) is 5.88. The molecule has 1 aromatic rings. The van der Waals surface area contributed by atoms with Crippen molar-refractivity contribution < 1.29 is 43.9 Å². The first-order valence-electron chi connectivity index (χ1n) is 3.40. The molecule has 3 nitrogen and oxygen atoms in total. The molecular weight excluding hydrogens is 231 g/mol. The van der Waals surface area contributed by atoms with Crippen molar-refractivity contribution in [2.45, 2.75) is 0 Å². The van der Waals surface area contributed by atoms with E-state index in [9.17, 15) is 4.21 Å². The first-order chi connectivity index (χ1) is 6.01. The van der Waals surface area contributed by atoms with E-state index >= 15 is 0 Å². The molecule has 72 valence electrons. The van der Waals surface area contributed by atoms with E-state index in [1.54, 1.807) is 30.3 Å². The van der Waals surface area contributed by atoms with Gasteiger partial charge in [0.25, 0.3) is 0 Å². The summed E-state index contributed by atoms with van der Waals surface area (Å²) in [5.41, 5.74) is 0.904. The van der Waals surface area contributed by atoms with Crippen LogP contribution in [-0.2, 0) is 20.2 Å². The van der Waals surface area contributed by atoms with Crippen molar-refractivity contribution in [3.05, 3.63) is 36.4 Å². The second-order valence-corrected chi connectivity index (χ2v) is 4.57. The van der Waals surface area contributed by atoms with Crippen molar-refractivity contribution in [2.75, 3.05) is 0 Å². The maximum absolute atomic E-state index is 10.6. The van der Waals surface area contributed by atoms with Gasteiger partial charge in [0.05, 0.1) is 11.2 Å². The van der Waals surface area contributed by atoms with Gasteiger partial charge >= 0.3 is 38.6 Å². The average molecular weight is 240 g/mol. The Balaban J connectivity index is 0. The molecule has 0 amide bonds. The van der Waals surface area contributed by atoms with Gasteiger partial charge in [-0.05, 0) is 17.7 Å². The third kappa shape index (κ3) is 5.09. The Hall–Kier alpha value is 0.0900. The number of rotatable bonds is 3. The van der Waals surface area contributed by atoms with Crippen LogP contribution in [0.1, 0.15) is 6.99 Å². The van der Waals surface area contributed by atoms with Crippen molar-refractivity contribution >= 4 is 26.3 Å². The van der Waals surface area contributed by atoms with Crippen molar-refractivity contribution in [1.29, 1.82) is 0 Å². The number of benzene rings is 1. The predicted octanol–water partition coefficient (Wildman–Crippen LogP) is -1.04. The van der Waals surface area contributed by atoms with Gasteiger partial charge in [-0.25, -0.2) is 0 Å². The van der Waals surface area contributed by atoms with Crippen molar-refractivity contribution in [3.8, 4) is 5.75 Å². The Labute approximate surface area is 112 Å². The standard InChI is InChI=1S/C8H8O3S2.Na.H/c1-2-7-3-5-8(6-4-7)11-13(9,10)12;;/h2-6H,1H2,(H,9,10,12);;/q;+1;-1. The molecule has 1 atom stereocenters. The van der Waals surface area contributed by atoms with Crippen LogP contribution in [0.2, 0.25) is 0 Å². The molecule has 14 heavy (non-hydrogen) atoms. The quantitative estimate of drug-likeness (QED) is 0.686. The second kappa shape index (κ2) is 5.85. The van der Waals surface area contributed by atoms with Crippen molar-refractivity contribution in [3.63, 3.8) is 0 Å². The van der Waals surface area contributed by atoms with Crippen LogP contribution < -0.4 is 33.7 Å². The first kappa shape index (κ1) is 14.1. The maximum Gasteiger partial charge on any atom is 1.00 e. The summed E-state index contributed by atoms with van der Waals surface area (Å²) in [4.78, 5) is 0. The molecule has 1 unspecified atom stereocenters. The molecule has 0 heterocycles. The molecule has 0 aliphatic carbocycles. The maximum atomic E-state index is 10.6. The Morgan fingerprint density at radius 3 is 2.36 bits per heavy atom. The minimum absolute atomic E-state index is 0. The molecule has 0 fully saturated rings. The molecule has 1 rings (SSSR count). The SMILES string of the molecule is C=Cc1ccc(OS(=O)(O)=S)cc1.[H-].[Na+]. The van der Waals surface area contributed by atoms with Gasteiger partial charge in [-0.2, -0.15) is 4.21 Å². The Morgan fingerprint density at radius 1 is 1.50 bits per heavy atom. The van der Waals surface area contributed by atoms with E-state index in [2.05, 4.69) is 22.0 Å². The van der Waals surface area contributed by atoms with E-state index in [0.29, 0.717) is 0 Å². The summed E-state index contributed by atoms with van der Waals surface area (Å²) < 4.78 is 23.9. The van der Waals surface area contributed by atoms with Crippen LogP contribution in [0.3, 0.4) is 0 Å². The topological polar surface area (TPSA) is 46.5 Å². The van der Waals surface area contributed by atoms with E-state index in [0.717, 1.165) is 5.56 Å². The van der Waals surface area contributed by atoms with Crippen LogP contribution >= 0.6 is 0 Å². The fourth-order valence-electron chi connectivity index (χ4n) is 0.781. The summed E-state index contributed by atoms with van der Waals surface area (Å²) in [5.74, 6) is 0.271. The molecule has 0 radical (unpaired) electrons. The minimum Gasteiger partial charge on any atom is -1.00 e. The van der Waals surface area contributed by atoms with Gasteiger partial charge in [-0.3, -0.25) is 4.55 Å². The van der Waals surface area contributed by atoms with Crippen LogP contribution in [0.25, 0.3) is 6.08 Å². The van der Waals surface area contributed by atoms with E-state index in [4.69, 9.17) is 4.55 Å². The molecule has 0 aromatic heterocycles. The summed E-state index contributed by atoms with van der Waals surface area (Å²) in [7, 11) is -3.59. The zero-order valence-electron chi connectivity index (χ0n) is 8.67. The van der Waals surface area contributed by atoms with Gasteiger partial charge in [0.2, 0.25) is 0 Å². The summed E-state index contributed by atoms with van der Waals surface area (Å²) in [6.45, 7) is 3.57. The molecule has 0 aliphatic rings. The van der Waals surface area contributed by atoms with E-state index in [1.807, 2.05) is 0 Å². The normalized spacial score (nSPS) is 13.5. The van der Waals surface area contributed by atoms with Crippen LogP contribution in [0.5, 0.6) is 5.75 Å². The average Bonchev–Trinajstić information content (AvgIpc) is 2.03. The minimum atomic E-state index is -3.59. The van der Waals surface area contributed by atoms with E-state index < -0.39 is 9.05 Å². The summed E-state index contributed by atoms with van der Waals surface area (Å²) in [5, 5.41) is 0. The fraction of sp³-hybridized carbons (Fsp3) is 0. The number of hydrogen-bond donors (Lipinski definition) is 1. The summed E-state index contributed by atoms with van der Waals surface area (Å²) >= 11 is 4.17. The van der Waals surface area contributed by atoms with Gasteiger partial charge < -0.3 is 5.61 Å². The molecule has 0 bridgehead atoms. The Bertz CT molecular complexity index is 402. The molecule has 1 N–H and O–H groups in total. The molecule has 6 heteroatoms. The van der Waals surface area contributed by atoms with Gasteiger partial charge in [-0.15, -0.1) is 0 Å². The Morgan fingerprint density at radius 2 is 2.00 bits per heavy atom. The van der Waals surface area contributed by atoms with Crippen LogP contribution in [-0.4, -0.2) is 8.76 Å². The fourth-order valence-corrected chi connectivity index (χ4v) is 1.37. The number of hydrogen-bond acceptors (Lipinski definition) is 3. The second-order valence-electron chi connectivity index (χ2n) is 2.28. The molecular formula is C8H9NaO3S2. The molecule has 0 aliphatic heterocycles. The molecule has 0 spiro atoms. The molecule has 0 saturated carbocycles. The molecule has 0 saturated heterocycles. The van der Waals surface area contributed by atoms with Crippen LogP contribution in [0.15, 0.2) is 30.8 Å². The smallest absolute Gasteiger partial charge is 1.00 e. The summed E-state index contributed by atoms with van der Waals surface area (Å²) in [6.07, 6.45) is 1.66. The van der Waals surface area contributed by atoms with Gasteiger partial charge in [0.15, 0.2) is 0 Å². The zero-order valence-corrected chi connectivity index (χ0v) is 11.3. The first-order valence-corrected chi connectivity index (χ1v) is 5.77. The van der Waals surface area contributed by atoms with E-state index in [-0.39, 0.29) is 36.7 Å². The predicted molar refractivity (Wildman–Crippen MR) is 56.4 cm³/mol. The monoisotopic (exact) mass is 240 g/mol. The van der Waals surface area contributed by atoms with Gasteiger partial charge in [0, 0.05) is 0 Å².